The number of nitrogens with one attached hydrogen (secondary N) is 2. The van der Waals surface area contributed by atoms with Gasteiger partial charge in [0.15, 0.2) is 0 Å². The van der Waals surface area contributed by atoms with Gasteiger partial charge >= 0.3 is 6.18 Å². The van der Waals surface area contributed by atoms with Gasteiger partial charge in [0.2, 0.25) is 0 Å². The largest absolute Gasteiger partial charge is 0.416 e. The topological polar surface area (TPSA) is 58.2 Å². The lowest BCUT2D eigenvalue weighted by Crippen LogP contribution is -2.30. The van der Waals surface area contributed by atoms with Gasteiger partial charge in [-0.05, 0) is 50.2 Å². The Labute approximate surface area is 153 Å². The highest BCUT2D eigenvalue weighted by molar-refractivity contribution is 6.34. The summed E-state index contributed by atoms with van der Waals surface area (Å²) in [6.07, 6.45) is -4.55. The number of halogens is 4. The van der Waals surface area contributed by atoms with Crippen molar-refractivity contribution in [1.82, 2.24) is 5.32 Å². The van der Waals surface area contributed by atoms with Crippen molar-refractivity contribution in [2.45, 2.75) is 26.1 Å². The fraction of sp³-hybridized carbons (Fsp3) is 0.222. The fourth-order valence-corrected chi connectivity index (χ4v) is 2.30. The minimum Gasteiger partial charge on any atom is -0.350 e. The molecular formula is C18H16ClF3N2O2. The van der Waals surface area contributed by atoms with Crippen molar-refractivity contribution in [2.75, 3.05) is 5.32 Å². The van der Waals surface area contributed by atoms with E-state index in [1.165, 1.54) is 24.3 Å². The molecule has 0 fully saturated rings. The smallest absolute Gasteiger partial charge is 0.350 e. The normalized spacial score (nSPS) is 11.3. The van der Waals surface area contributed by atoms with Gasteiger partial charge in [0.25, 0.3) is 11.8 Å². The van der Waals surface area contributed by atoms with Crippen LogP contribution < -0.4 is 10.6 Å². The molecule has 0 aliphatic heterocycles. The summed E-state index contributed by atoms with van der Waals surface area (Å²) in [6.45, 7) is 3.59. The monoisotopic (exact) mass is 384 g/mol. The molecule has 0 heterocycles. The van der Waals surface area contributed by atoms with E-state index in [-0.39, 0.29) is 33.8 Å². The maximum absolute atomic E-state index is 12.8. The zero-order valence-corrected chi connectivity index (χ0v) is 14.7. The summed E-state index contributed by atoms with van der Waals surface area (Å²) in [4.78, 5) is 24.3. The molecular weight excluding hydrogens is 369 g/mol. The van der Waals surface area contributed by atoms with E-state index in [2.05, 4.69) is 10.6 Å². The first kappa shape index (κ1) is 19.8. The third kappa shape index (κ3) is 4.98. The van der Waals surface area contributed by atoms with Crippen LogP contribution in [-0.4, -0.2) is 17.9 Å². The molecule has 2 amide bonds. The Morgan fingerprint density at radius 3 is 2.27 bits per heavy atom. The van der Waals surface area contributed by atoms with E-state index >= 15 is 0 Å². The molecule has 0 aliphatic rings. The Balaban J connectivity index is 2.25. The second-order valence-corrected chi connectivity index (χ2v) is 6.26. The lowest BCUT2D eigenvalue weighted by atomic mass is 10.1. The number of anilines is 1. The summed E-state index contributed by atoms with van der Waals surface area (Å²) in [5.74, 6) is -1.12. The maximum atomic E-state index is 12.8. The lowest BCUT2D eigenvalue weighted by molar-refractivity contribution is -0.137. The first-order valence-corrected chi connectivity index (χ1v) is 8.04. The second-order valence-electron chi connectivity index (χ2n) is 5.86. The van der Waals surface area contributed by atoms with Crippen LogP contribution >= 0.6 is 11.6 Å². The average Bonchev–Trinajstić information content (AvgIpc) is 2.55. The highest BCUT2D eigenvalue weighted by Gasteiger charge is 2.31. The highest BCUT2D eigenvalue weighted by Crippen LogP contribution is 2.30. The van der Waals surface area contributed by atoms with Gasteiger partial charge in [-0.2, -0.15) is 13.2 Å². The van der Waals surface area contributed by atoms with Crippen molar-refractivity contribution in [3.8, 4) is 0 Å². The number of carbonyl (C=O) groups excluding carboxylic acids is 2. The van der Waals surface area contributed by atoms with Crippen LogP contribution in [0.1, 0.15) is 40.1 Å². The van der Waals surface area contributed by atoms with Crippen LogP contribution in [0, 0.1) is 0 Å². The minimum absolute atomic E-state index is 0.0821. The van der Waals surface area contributed by atoms with Crippen molar-refractivity contribution in [2.24, 2.45) is 0 Å². The first-order chi connectivity index (χ1) is 12.1. The Morgan fingerprint density at radius 2 is 1.65 bits per heavy atom. The van der Waals surface area contributed by atoms with E-state index in [4.69, 9.17) is 11.6 Å². The molecule has 0 unspecified atom stereocenters. The Hall–Kier alpha value is -2.54. The molecule has 8 heteroatoms. The molecule has 2 rings (SSSR count). The molecule has 0 bridgehead atoms. The number of benzene rings is 2. The minimum atomic E-state index is -4.55. The van der Waals surface area contributed by atoms with Gasteiger partial charge in [-0.15, -0.1) is 0 Å². The molecule has 0 spiro atoms. The molecule has 0 saturated carbocycles. The van der Waals surface area contributed by atoms with E-state index in [9.17, 15) is 22.8 Å². The number of hydrogen-bond donors (Lipinski definition) is 2. The molecule has 2 aromatic carbocycles. The quantitative estimate of drug-likeness (QED) is 0.799. The number of hydrogen-bond acceptors (Lipinski definition) is 2. The standard InChI is InChI=1S/C18H16ClF3N2O2/c1-10(2)23-16(25)12-6-7-14(19)15(9-12)24-17(26)11-4-3-5-13(8-11)18(20,21)22/h3-10H,1-2H3,(H,23,25)(H,24,26). The zero-order chi connectivity index (χ0) is 19.5. The van der Waals surface area contributed by atoms with Crippen LogP contribution in [0.2, 0.25) is 5.02 Å². The van der Waals surface area contributed by atoms with Crippen molar-refractivity contribution >= 4 is 29.1 Å². The van der Waals surface area contributed by atoms with E-state index < -0.39 is 17.6 Å². The third-order valence-electron chi connectivity index (χ3n) is 3.35. The lowest BCUT2D eigenvalue weighted by Gasteiger charge is -2.12. The SMILES string of the molecule is CC(C)NC(=O)c1ccc(Cl)c(NC(=O)c2cccc(C(F)(F)F)c2)c1. The third-order valence-corrected chi connectivity index (χ3v) is 3.68. The van der Waals surface area contributed by atoms with Gasteiger partial charge < -0.3 is 10.6 Å². The summed E-state index contributed by atoms with van der Waals surface area (Å²) in [5.41, 5.74) is -0.706. The molecule has 0 atom stereocenters. The van der Waals surface area contributed by atoms with Crippen LogP contribution in [0.25, 0.3) is 0 Å². The highest BCUT2D eigenvalue weighted by atomic mass is 35.5. The molecule has 4 nitrogen and oxygen atoms in total. The number of carbonyl (C=O) groups is 2. The summed E-state index contributed by atoms with van der Waals surface area (Å²) >= 11 is 6.02. The van der Waals surface area contributed by atoms with Gasteiger partial charge in [0, 0.05) is 17.2 Å². The maximum Gasteiger partial charge on any atom is 0.416 e. The number of amides is 2. The predicted octanol–water partition coefficient (Wildman–Crippen LogP) is 4.75. The second kappa shape index (κ2) is 7.78. The van der Waals surface area contributed by atoms with Crippen LogP contribution in [-0.2, 0) is 6.18 Å². The first-order valence-electron chi connectivity index (χ1n) is 7.67. The molecule has 0 aliphatic carbocycles. The summed E-state index contributed by atoms with van der Waals surface area (Å²) in [5, 5.41) is 5.29. The van der Waals surface area contributed by atoms with Crippen molar-refractivity contribution in [3.63, 3.8) is 0 Å². The van der Waals surface area contributed by atoms with E-state index in [1.54, 1.807) is 13.8 Å². The molecule has 26 heavy (non-hydrogen) atoms. The predicted molar refractivity (Wildman–Crippen MR) is 93.5 cm³/mol. The van der Waals surface area contributed by atoms with Gasteiger partial charge in [0.1, 0.15) is 0 Å². The van der Waals surface area contributed by atoms with Crippen LogP contribution in [0.4, 0.5) is 18.9 Å². The van der Waals surface area contributed by atoms with Gasteiger partial charge in [-0.1, -0.05) is 17.7 Å². The van der Waals surface area contributed by atoms with Crippen LogP contribution in [0.5, 0.6) is 0 Å². The summed E-state index contributed by atoms with van der Waals surface area (Å²) < 4.78 is 38.3. The van der Waals surface area contributed by atoms with Gasteiger partial charge in [-0.25, -0.2) is 0 Å². The number of rotatable bonds is 4. The van der Waals surface area contributed by atoms with E-state index in [1.807, 2.05) is 0 Å². The van der Waals surface area contributed by atoms with Gasteiger partial charge in [-0.3, -0.25) is 9.59 Å². The molecule has 2 N–H and O–H groups in total. The summed E-state index contributed by atoms with van der Waals surface area (Å²) in [6, 6.07) is 8.23. The van der Waals surface area contributed by atoms with Gasteiger partial charge in [0.05, 0.1) is 16.3 Å². The molecule has 0 radical (unpaired) electrons. The van der Waals surface area contributed by atoms with Crippen LogP contribution in [0.15, 0.2) is 42.5 Å². The number of alkyl halides is 3. The fourth-order valence-electron chi connectivity index (χ4n) is 2.14. The average molecular weight is 385 g/mol. The Bertz CT molecular complexity index is 835. The van der Waals surface area contributed by atoms with Crippen molar-refractivity contribution in [3.05, 3.63) is 64.2 Å². The van der Waals surface area contributed by atoms with E-state index in [0.717, 1.165) is 18.2 Å². The Morgan fingerprint density at radius 1 is 1.00 bits per heavy atom. The van der Waals surface area contributed by atoms with Crippen LogP contribution in [0.3, 0.4) is 0 Å². The summed E-state index contributed by atoms with van der Waals surface area (Å²) in [7, 11) is 0. The molecule has 2 aromatic rings. The molecule has 0 aromatic heterocycles. The molecule has 0 saturated heterocycles. The Kier molecular flexibility index (Phi) is 5.92. The van der Waals surface area contributed by atoms with Crippen molar-refractivity contribution in [1.29, 1.82) is 0 Å². The molecule has 138 valence electrons. The van der Waals surface area contributed by atoms with E-state index in [0.29, 0.717) is 0 Å². The van der Waals surface area contributed by atoms with Crippen molar-refractivity contribution < 1.29 is 22.8 Å². The zero-order valence-electron chi connectivity index (χ0n) is 13.9.